The van der Waals surface area contributed by atoms with E-state index in [1.54, 1.807) is 13.0 Å². The van der Waals surface area contributed by atoms with Crippen molar-refractivity contribution in [3.8, 4) is 17.0 Å². The highest BCUT2D eigenvalue weighted by atomic mass is 19.3. The molecule has 116 valence electrons. The number of rotatable bonds is 4. The Morgan fingerprint density at radius 1 is 1.23 bits per heavy atom. The Kier molecular flexibility index (Phi) is 4.59. The fraction of sp³-hybridized carbons (Fsp3) is 0.286. The van der Waals surface area contributed by atoms with Crippen molar-refractivity contribution in [1.29, 1.82) is 0 Å². The number of alkyl halides is 2. The van der Waals surface area contributed by atoms with Crippen LogP contribution in [0.15, 0.2) is 18.5 Å². The zero-order valence-electron chi connectivity index (χ0n) is 12.1. The molecule has 2 rings (SSSR count). The summed E-state index contributed by atoms with van der Waals surface area (Å²) in [7, 11) is 2.57. The third-order valence-electron chi connectivity index (χ3n) is 2.89. The number of ether oxygens (including phenoxy) is 2. The van der Waals surface area contributed by atoms with Gasteiger partial charge in [-0.05, 0) is 13.0 Å². The van der Waals surface area contributed by atoms with Gasteiger partial charge in [0.15, 0.2) is 11.6 Å². The van der Waals surface area contributed by atoms with Crippen LogP contribution in [0.1, 0.15) is 28.3 Å². The number of aromatic nitrogens is 3. The van der Waals surface area contributed by atoms with Crippen LogP contribution in [0.25, 0.3) is 11.3 Å². The predicted octanol–water partition coefficient (Wildman–Crippen LogP) is 2.58. The number of aryl methyl sites for hydroxylation is 1. The Hall–Kier alpha value is -2.64. The Morgan fingerprint density at radius 3 is 2.55 bits per heavy atom. The minimum Gasteiger partial charge on any atom is -0.493 e. The van der Waals surface area contributed by atoms with Gasteiger partial charge in [-0.1, -0.05) is 0 Å². The van der Waals surface area contributed by atoms with E-state index >= 15 is 0 Å². The van der Waals surface area contributed by atoms with Crippen LogP contribution in [0.2, 0.25) is 0 Å². The first kappa shape index (κ1) is 15.7. The number of carbonyl (C=O) groups excluding carboxylic acids is 1. The number of methoxy groups -OCH3 is 2. The second-order valence-electron chi connectivity index (χ2n) is 4.31. The van der Waals surface area contributed by atoms with E-state index in [2.05, 4.69) is 19.7 Å². The highest BCUT2D eigenvalue weighted by Crippen LogP contribution is 2.32. The molecule has 2 aromatic rings. The summed E-state index contributed by atoms with van der Waals surface area (Å²) in [6.45, 7) is 1.70. The zero-order valence-corrected chi connectivity index (χ0v) is 12.1. The van der Waals surface area contributed by atoms with Crippen molar-refractivity contribution in [2.45, 2.75) is 13.3 Å². The molecule has 0 unspecified atom stereocenters. The number of hydrogen-bond donors (Lipinski definition) is 0. The SMILES string of the molecule is COC(=O)c1cnc(C)cc1-c1nc(C(F)F)ncc1OC. The van der Waals surface area contributed by atoms with Crippen molar-refractivity contribution in [2.75, 3.05) is 14.2 Å². The van der Waals surface area contributed by atoms with Gasteiger partial charge in [0.25, 0.3) is 6.43 Å². The molecule has 0 atom stereocenters. The van der Waals surface area contributed by atoms with Crippen molar-refractivity contribution in [3.05, 3.63) is 35.5 Å². The van der Waals surface area contributed by atoms with Gasteiger partial charge in [-0.3, -0.25) is 4.98 Å². The maximum Gasteiger partial charge on any atom is 0.340 e. The molecule has 0 amide bonds. The molecular formula is C14H13F2N3O3. The Morgan fingerprint density at radius 2 is 1.95 bits per heavy atom. The van der Waals surface area contributed by atoms with E-state index in [0.29, 0.717) is 11.3 Å². The van der Waals surface area contributed by atoms with Crippen LogP contribution in [0.4, 0.5) is 8.78 Å². The third-order valence-corrected chi connectivity index (χ3v) is 2.89. The Bertz CT molecular complexity index is 708. The maximum absolute atomic E-state index is 12.8. The quantitative estimate of drug-likeness (QED) is 0.808. The summed E-state index contributed by atoms with van der Waals surface area (Å²) < 4.78 is 35.4. The zero-order chi connectivity index (χ0) is 16.3. The maximum atomic E-state index is 12.8. The predicted molar refractivity (Wildman–Crippen MR) is 72.8 cm³/mol. The van der Waals surface area contributed by atoms with Gasteiger partial charge in [0.2, 0.25) is 0 Å². The molecule has 22 heavy (non-hydrogen) atoms. The molecule has 0 saturated carbocycles. The van der Waals surface area contributed by atoms with E-state index in [0.717, 1.165) is 6.20 Å². The molecule has 2 heterocycles. The fourth-order valence-corrected chi connectivity index (χ4v) is 1.86. The van der Waals surface area contributed by atoms with Crippen molar-refractivity contribution in [2.24, 2.45) is 0 Å². The van der Waals surface area contributed by atoms with Crippen molar-refractivity contribution >= 4 is 5.97 Å². The Balaban J connectivity index is 2.71. The molecule has 2 aromatic heterocycles. The smallest absolute Gasteiger partial charge is 0.340 e. The molecule has 0 aromatic carbocycles. The standard InChI is InChI=1S/C14H13F2N3O3/c1-7-4-8(9(5-17-7)14(20)22-3)11-10(21-2)6-18-13(19-11)12(15)16/h4-6,12H,1-3H3. The molecule has 0 aliphatic heterocycles. The summed E-state index contributed by atoms with van der Waals surface area (Å²) in [5.74, 6) is -1.14. The lowest BCUT2D eigenvalue weighted by atomic mass is 10.0. The summed E-state index contributed by atoms with van der Waals surface area (Å²) in [4.78, 5) is 23.2. The topological polar surface area (TPSA) is 74.2 Å². The first-order valence-corrected chi connectivity index (χ1v) is 6.22. The minimum absolute atomic E-state index is 0.0821. The number of pyridine rings is 1. The van der Waals surface area contributed by atoms with E-state index in [1.165, 1.54) is 20.4 Å². The average molecular weight is 309 g/mol. The second-order valence-corrected chi connectivity index (χ2v) is 4.31. The molecule has 0 bridgehead atoms. The van der Waals surface area contributed by atoms with Crippen LogP contribution in [-0.2, 0) is 4.74 Å². The summed E-state index contributed by atoms with van der Waals surface area (Å²) in [6.07, 6.45) is -0.394. The molecule has 0 aliphatic carbocycles. The lowest BCUT2D eigenvalue weighted by Crippen LogP contribution is -2.08. The number of esters is 1. The van der Waals surface area contributed by atoms with Crippen LogP contribution in [0.3, 0.4) is 0 Å². The second kappa shape index (κ2) is 6.42. The molecular weight excluding hydrogens is 296 g/mol. The van der Waals surface area contributed by atoms with Gasteiger partial charge in [0.05, 0.1) is 26.0 Å². The molecule has 0 N–H and O–H groups in total. The highest BCUT2D eigenvalue weighted by Gasteiger charge is 2.21. The van der Waals surface area contributed by atoms with Gasteiger partial charge in [-0.2, -0.15) is 0 Å². The van der Waals surface area contributed by atoms with Gasteiger partial charge in [-0.25, -0.2) is 23.5 Å². The molecule has 8 heteroatoms. The lowest BCUT2D eigenvalue weighted by molar-refractivity contribution is 0.0601. The van der Waals surface area contributed by atoms with Crippen LogP contribution in [-0.4, -0.2) is 35.1 Å². The van der Waals surface area contributed by atoms with Crippen LogP contribution >= 0.6 is 0 Å². The van der Waals surface area contributed by atoms with Crippen molar-refractivity contribution < 1.29 is 23.0 Å². The average Bonchev–Trinajstić information content (AvgIpc) is 2.53. The van der Waals surface area contributed by atoms with Crippen LogP contribution < -0.4 is 4.74 Å². The summed E-state index contributed by atoms with van der Waals surface area (Å²) in [6, 6.07) is 1.55. The molecule has 0 radical (unpaired) electrons. The van der Waals surface area contributed by atoms with E-state index in [1.807, 2.05) is 0 Å². The van der Waals surface area contributed by atoms with E-state index in [4.69, 9.17) is 4.74 Å². The molecule has 0 saturated heterocycles. The van der Waals surface area contributed by atoms with Crippen LogP contribution in [0.5, 0.6) is 5.75 Å². The number of hydrogen-bond acceptors (Lipinski definition) is 6. The van der Waals surface area contributed by atoms with Gasteiger partial charge in [-0.15, -0.1) is 0 Å². The van der Waals surface area contributed by atoms with E-state index in [9.17, 15) is 13.6 Å². The van der Waals surface area contributed by atoms with Gasteiger partial charge < -0.3 is 9.47 Å². The highest BCUT2D eigenvalue weighted by molar-refractivity contribution is 5.97. The van der Waals surface area contributed by atoms with E-state index in [-0.39, 0.29) is 17.0 Å². The number of nitrogens with zero attached hydrogens (tertiary/aromatic N) is 3. The lowest BCUT2D eigenvalue weighted by Gasteiger charge is -2.12. The minimum atomic E-state index is -2.84. The monoisotopic (exact) mass is 309 g/mol. The number of carbonyl (C=O) groups is 1. The van der Waals surface area contributed by atoms with Crippen molar-refractivity contribution in [3.63, 3.8) is 0 Å². The van der Waals surface area contributed by atoms with Gasteiger partial charge >= 0.3 is 5.97 Å². The third kappa shape index (κ3) is 3.00. The molecule has 6 nitrogen and oxygen atoms in total. The molecule has 0 fully saturated rings. The normalized spacial score (nSPS) is 10.6. The van der Waals surface area contributed by atoms with Crippen molar-refractivity contribution in [1.82, 2.24) is 15.0 Å². The Labute approximate surface area is 125 Å². The van der Waals surface area contributed by atoms with Gasteiger partial charge in [0, 0.05) is 17.5 Å². The van der Waals surface area contributed by atoms with Crippen LogP contribution in [0, 0.1) is 6.92 Å². The number of halogens is 2. The first-order valence-electron chi connectivity index (χ1n) is 6.22. The molecule has 0 spiro atoms. The largest absolute Gasteiger partial charge is 0.493 e. The van der Waals surface area contributed by atoms with Gasteiger partial charge in [0.1, 0.15) is 5.69 Å². The molecule has 0 aliphatic rings. The van der Waals surface area contributed by atoms with E-state index < -0.39 is 18.2 Å². The summed E-state index contributed by atoms with van der Waals surface area (Å²) >= 11 is 0. The summed E-state index contributed by atoms with van der Waals surface area (Å²) in [5, 5.41) is 0. The fourth-order valence-electron chi connectivity index (χ4n) is 1.86. The first-order chi connectivity index (χ1) is 10.5. The summed E-state index contributed by atoms with van der Waals surface area (Å²) in [5.41, 5.74) is 1.06.